The quantitative estimate of drug-likeness (QED) is 0.627. The number of hydrogen-bond acceptors (Lipinski definition) is 7. The first-order chi connectivity index (χ1) is 16.4. The van der Waals surface area contributed by atoms with E-state index in [2.05, 4.69) is 10.2 Å². The van der Waals surface area contributed by atoms with Crippen LogP contribution in [0.2, 0.25) is 5.02 Å². The number of benzene rings is 1. The number of aromatic nitrogens is 2. The number of halogens is 1. The molecule has 182 valence electrons. The molecular weight excluding hydrogens is 474 g/mol. The van der Waals surface area contributed by atoms with Crippen LogP contribution in [-0.2, 0) is 32.7 Å². The maximum atomic E-state index is 12.7. The summed E-state index contributed by atoms with van der Waals surface area (Å²) in [6.07, 6.45) is 3.54. The van der Waals surface area contributed by atoms with Crippen molar-refractivity contribution in [1.29, 1.82) is 0 Å². The number of hydrogen-bond donors (Lipinski definition) is 1. The van der Waals surface area contributed by atoms with Crippen molar-refractivity contribution in [3.63, 3.8) is 0 Å². The first-order valence-corrected chi connectivity index (χ1v) is 13.4. The zero-order valence-corrected chi connectivity index (χ0v) is 21.1. The molecule has 2 aromatic rings. The minimum Gasteiger partial charge on any atom is -0.611 e. The molecule has 1 aromatic heterocycles. The third-order valence-electron chi connectivity index (χ3n) is 7.26. The molecule has 2 fully saturated rings. The number of anilines is 2. The molecule has 2 saturated heterocycles. The predicted octanol–water partition coefficient (Wildman–Crippen LogP) is 2.97. The summed E-state index contributed by atoms with van der Waals surface area (Å²) < 4.78 is 18.7. The van der Waals surface area contributed by atoms with Gasteiger partial charge >= 0.3 is 0 Å². The first kappa shape index (κ1) is 23.7. The lowest BCUT2D eigenvalue weighted by molar-refractivity contribution is -0.132. The number of nitrogens with one attached hydrogen (secondary N) is 1. The lowest BCUT2D eigenvalue weighted by atomic mass is 9.84. The number of amides is 1. The van der Waals surface area contributed by atoms with Gasteiger partial charge in [-0.1, -0.05) is 23.7 Å². The molecule has 0 spiro atoms. The highest BCUT2D eigenvalue weighted by Gasteiger charge is 2.39. The van der Waals surface area contributed by atoms with Crippen LogP contribution in [0.15, 0.2) is 29.2 Å². The van der Waals surface area contributed by atoms with Gasteiger partial charge in [-0.25, -0.2) is 4.98 Å². The number of aryl methyl sites for hydroxylation is 1. The molecule has 1 unspecified atom stereocenters. The number of rotatable bonds is 5. The van der Waals surface area contributed by atoms with E-state index in [4.69, 9.17) is 26.3 Å². The SMILES string of the molecule is COC1(c2ccc(Cl)cc2)CCN(c2nc3c(c(N[C@H]4CCC(=O)N(C)C4)n2)[S+]([O-])CC3)CC1. The number of likely N-dealkylation sites (tertiary alicyclic amines) is 1. The van der Waals surface area contributed by atoms with Crippen molar-refractivity contribution >= 4 is 40.5 Å². The van der Waals surface area contributed by atoms with Crippen LogP contribution >= 0.6 is 11.6 Å². The van der Waals surface area contributed by atoms with E-state index in [1.165, 1.54) is 0 Å². The predicted molar refractivity (Wildman–Crippen MR) is 133 cm³/mol. The van der Waals surface area contributed by atoms with E-state index >= 15 is 0 Å². The second-order valence-electron chi connectivity index (χ2n) is 9.29. The molecule has 0 bridgehead atoms. The van der Waals surface area contributed by atoms with E-state index in [1.807, 2.05) is 31.3 Å². The van der Waals surface area contributed by atoms with Crippen molar-refractivity contribution in [2.75, 3.05) is 49.8 Å². The Balaban J connectivity index is 1.37. The molecule has 1 N–H and O–H groups in total. The molecule has 10 heteroatoms. The van der Waals surface area contributed by atoms with Crippen molar-refractivity contribution in [3.8, 4) is 0 Å². The van der Waals surface area contributed by atoms with Crippen LogP contribution in [0.25, 0.3) is 0 Å². The number of nitrogens with zero attached hydrogens (tertiary/aromatic N) is 4. The fourth-order valence-corrected chi connectivity index (χ4v) is 6.62. The zero-order chi connectivity index (χ0) is 23.9. The van der Waals surface area contributed by atoms with Gasteiger partial charge in [-0.15, -0.1) is 0 Å². The normalized spacial score (nSPS) is 24.3. The molecular formula is C24H30ClN5O3S. The van der Waals surface area contributed by atoms with Crippen molar-refractivity contribution in [2.24, 2.45) is 0 Å². The highest BCUT2D eigenvalue weighted by molar-refractivity contribution is 7.91. The van der Waals surface area contributed by atoms with Crippen LogP contribution in [0.4, 0.5) is 11.8 Å². The number of ether oxygens (including phenoxy) is 1. The highest BCUT2D eigenvalue weighted by atomic mass is 35.5. The summed E-state index contributed by atoms with van der Waals surface area (Å²) in [6.45, 7) is 2.11. The Morgan fingerprint density at radius 2 is 1.94 bits per heavy atom. The number of carbonyl (C=O) groups excluding carboxylic acids is 1. The van der Waals surface area contributed by atoms with Crippen molar-refractivity contribution in [1.82, 2.24) is 14.9 Å². The summed E-state index contributed by atoms with van der Waals surface area (Å²) in [5, 5.41) is 4.21. The van der Waals surface area contributed by atoms with Gasteiger partial charge in [-0.3, -0.25) is 4.79 Å². The summed E-state index contributed by atoms with van der Waals surface area (Å²) in [7, 11) is 3.58. The fraction of sp³-hybridized carbons (Fsp3) is 0.542. The maximum absolute atomic E-state index is 12.7. The van der Waals surface area contributed by atoms with Crippen molar-refractivity contribution in [3.05, 3.63) is 40.5 Å². The Morgan fingerprint density at radius 3 is 2.62 bits per heavy atom. The minimum atomic E-state index is -1.10. The molecule has 0 saturated carbocycles. The van der Waals surface area contributed by atoms with Gasteiger partial charge in [0.15, 0.2) is 5.82 Å². The second kappa shape index (κ2) is 9.53. The summed E-state index contributed by atoms with van der Waals surface area (Å²) in [6, 6.07) is 7.97. The third kappa shape index (κ3) is 4.46. The minimum absolute atomic E-state index is 0.0829. The van der Waals surface area contributed by atoms with Gasteiger partial charge in [-0.05, 0) is 48.1 Å². The number of fused-ring (bicyclic) bond motifs is 1. The van der Waals surface area contributed by atoms with Crippen LogP contribution in [0.3, 0.4) is 0 Å². The van der Waals surface area contributed by atoms with Gasteiger partial charge in [-0.2, -0.15) is 4.98 Å². The van der Waals surface area contributed by atoms with E-state index < -0.39 is 11.2 Å². The molecule has 3 aliphatic heterocycles. The van der Waals surface area contributed by atoms with Crippen LogP contribution in [0, 0.1) is 0 Å². The van der Waals surface area contributed by atoms with Gasteiger partial charge < -0.3 is 24.4 Å². The Labute approximate surface area is 208 Å². The molecule has 4 heterocycles. The van der Waals surface area contributed by atoms with Gasteiger partial charge in [0.2, 0.25) is 16.8 Å². The first-order valence-electron chi connectivity index (χ1n) is 11.7. The number of methoxy groups -OCH3 is 1. The fourth-order valence-electron chi connectivity index (χ4n) is 5.18. The molecule has 3 aliphatic rings. The number of likely N-dealkylation sites (N-methyl/N-ethyl adjacent to an activating group) is 1. The summed E-state index contributed by atoms with van der Waals surface area (Å²) in [5.74, 6) is 2.06. The summed E-state index contributed by atoms with van der Waals surface area (Å²) in [4.78, 5) is 26.2. The van der Waals surface area contributed by atoms with Gasteiger partial charge in [0.05, 0.1) is 5.60 Å². The molecule has 5 rings (SSSR count). The third-order valence-corrected chi connectivity index (χ3v) is 8.97. The van der Waals surface area contributed by atoms with Gasteiger partial charge in [0, 0.05) is 57.7 Å². The van der Waals surface area contributed by atoms with Crippen LogP contribution in [0.1, 0.15) is 36.9 Å². The maximum Gasteiger partial charge on any atom is 0.227 e. The lowest BCUT2D eigenvalue weighted by Crippen LogP contribution is -2.45. The molecule has 1 amide bonds. The van der Waals surface area contributed by atoms with Crippen LogP contribution in [-0.4, -0.2) is 70.9 Å². The molecule has 34 heavy (non-hydrogen) atoms. The Kier molecular flexibility index (Phi) is 6.63. The Hall–Kier alpha value is -2.07. The van der Waals surface area contributed by atoms with E-state index in [0.29, 0.717) is 41.9 Å². The molecule has 8 nitrogen and oxygen atoms in total. The van der Waals surface area contributed by atoms with E-state index in [1.54, 1.807) is 12.0 Å². The van der Waals surface area contributed by atoms with E-state index in [-0.39, 0.29) is 17.6 Å². The summed E-state index contributed by atoms with van der Waals surface area (Å²) in [5.41, 5.74) is 1.63. The van der Waals surface area contributed by atoms with Crippen LogP contribution in [0.5, 0.6) is 0 Å². The molecule has 0 aliphatic carbocycles. The van der Waals surface area contributed by atoms with Crippen LogP contribution < -0.4 is 10.2 Å². The zero-order valence-electron chi connectivity index (χ0n) is 19.6. The highest BCUT2D eigenvalue weighted by Crippen LogP contribution is 2.39. The Morgan fingerprint density at radius 1 is 1.21 bits per heavy atom. The van der Waals surface area contributed by atoms with Gasteiger partial charge in [0.1, 0.15) is 11.4 Å². The average molecular weight is 504 g/mol. The monoisotopic (exact) mass is 503 g/mol. The van der Waals surface area contributed by atoms with E-state index in [9.17, 15) is 9.35 Å². The van der Waals surface area contributed by atoms with Gasteiger partial charge in [0.25, 0.3) is 0 Å². The second-order valence-corrected chi connectivity index (χ2v) is 11.2. The van der Waals surface area contributed by atoms with Crippen molar-refractivity contribution < 1.29 is 14.1 Å². The number of carbonyl (C=O) groups is 1. The largest absolute Gasteiger partial charge is 0.611 e. The Bertz CT molecular complexity index is 1060. The van der Waals surface area contributed by atoms with Crippen molar-refractivity contribution in [2.45, 2.75) is 48.6 Å². The molecule has 2 atom stereocenters. The topological polar surface area (TPSA) is 93.7 Å². The number of piperidine rings is 2. The molecule has 0 radical (unpaired) electrons. The average Bonchev–Trinajstić information content (AvgIpc) is 3.23. The summed E-state index contributed by atoms with van der Waals surface area (Å²) >= 11 is 4.99. The smallest absolute Gasteiger partial charge is 0.227 e. The lowest BCUT2D eigenvalue weighted by Gasteiger charge is -2.41. The standard InChI is InChI=1S/C24H30ClN5O3S/c1-29-15-18(7-8-20(29)31)26-22-21-19(9-14-34(21)32)27-23(28-22)30-12-10-24(33-2,11-13-30)16-3-5-17(25)6-4-16/h3-6,18H,7-15H2,1-2H3,(H,26,27,28)/t18-,34?/m0/s1. The molecule has 1 aromatic carbocycles. The van der Waals surface area contributed by atoms with E-state index in [0.717, 1.165) is 48.5 Å².